The van der Waals surface area contributed by atoms with E-state index in [1.54, 1.807) is 6.07 Å². The zero-order valence-electron chi connectivity index (χ0n) is 10.8. The lowest BCUT2D eigenvalue weighted by atomic mass is 10.2. The molecular formula is C15H10Cl3N3. The Balaban J connectivity index is 1.89. The van der Waals surface area contributed by atoms with Crippen molar-refractivity contribution in [2.24, 2.45) is 0 Å². The molecule has 2 aromatic carbocycles. The third-order valence-electron chi connectivity index (χ3n) is 3.02. The third-order valence-corrected chi connectivity index (χ3v) is 3.93. The molecule has 0 aliphatic heterocycles. The van der Waals surface area contributed by atoms with Crippen molar-refractivity contribution in [2.45, 2.75) is 6.54 Å². The van der Waals surface area contributed by atoms with E-state index in [1.165, 1.54) is 0 Å². The van der Waals surface area contributed by atoms with Gasteiger partial charge in [0.25, 0.3) is 0 Å². The zero-order valence-corrected chi connectivity index (χ0v) is 13.0. The summed E-state index contributed by atoms with van der Waals surface area (Å²) in [6.07, 6.45) is 0. The Morgan fingerprint density at radius 2 is 1.71 bits per heavy atom. The van der Waals surface area contributed by atoms with Gasteiger partial charge in [-0.25, -0.2) is 9.97 Å². The normalized spacial score (nSPS) is 10.8. The van der Waals surface area contributed by atoms with Gasteiger partial charge in [0.05, 0.1) is 15.6 Å². The van der Waals surface area contributed by atoms with E-state index in [0.717, 1.165) is 16.5 Å². The number of para-hydroxylation sites is 1. The van der Waals surface area contributed by atoms with Crippen LogP contribution in [0.2, 0.25) is 15.3 Å². The first kappa shape index (κ1) is 14.4. The van der Waals surface area contributed by atoms with Crippen molar-refractivity contribution < 1.29 is 0 Å². The van der Waals surface area contributed by atoms with Crippen LogP contribution in [0.1, 0.15) is 5.56 Å². The highest BCUT2D eigenvalue weighted by Gasteiger charge is 2.06. The first-order valence-electron chi connectivity index (χ1n) is 6.23. The number of nitrogens with one attached hydrogen (secondary N) is 1. The maximum absolute atomic E-state index is 6.01. The minimum absolute atomic E-state index is 0.213. The minimum Gasteiger partial charge on any atom is -0.365 e. The van der Waals surface area contributed by atoms with Crippen molar-refractivity contribution in [1.82, 2.24) is 9.97 Å². The standard InChI is InChI=1S/C15H10Cl3N3/c16-11-6-5-9(7-12(11)17)8-19-14-10-3-1-2-4-13(10)20-15(18)21-14/h1-7H,8H2,(H,19,20,21). The number of halogens is 3. The van der Waals surface area contributed by atoms with Gasteiger partial charge in [-0.15, -0.1) is 0 Å². The molecule has 1 heterocycles. The molecule has 3 nitrogen and oxygen atoms in total. The molecule has 3 aromatic rings. The number of hydrogen-bond donors (Lipinski definition) is 1. The van der Waals surface area contributed by atoms with Crippen molar-refractivity contribution in [2.75, 3.05) is 5.32 Å². The lowest BCUT2D eigenvalue weighted by Crippen LogP contribution is -2.03. The first-order chi connectivity index (χ1) is 10.1. The lowest BCUT2D eigenvalue weighted by molar-refractivity contribution is 1.10. The molecule has 6 heteroatoms. The molecule has 0 aliphatic rings. The average Bonchev–Trinajstić information content (AvgIpc) is 2.48. The number of benzene rings is 2. The molecule has 0 amide bonds. The lowest BCUT2D eigenvalue weighted by Gasteiger charge is -2.09. The Kier molecular flexibility index (Phi) is 4.15. The third kappa shape index (κ3) is 3.21. The quantitative estimate of drug-likeness (QED) is 0.667. The van der Waals surface area contributed by atoms with Crippen LogP contribution in [0.25, 0.3) is 10.9 Å². The summed E-state index contributed by atoms with van der Waals surface area (Å²) in [5.74, 6) is 0.691. The van der Waals surface area contributed by atoms with Crippen molar-refractivity contribution >= 4 is 51.5 Å². The van der Waals surface area contributed by atoms with E-state index in [-0.39, 0.29) is 5.28 Å². The fourth-order valence-electron chi connectivity index (χ4n) is 2.02. The second-order valence-corrected chi connectivity index (χ2v) is 5.61. The van der Waals surface area contributed by atoms with E-state index in [9.17, 15) is 0 Å². The van der Waals surface area contributed by atoms with Crippen molar-refractivity contribution in [3.05, 3.63) is 63.4 Å². The number of aromatic nitrogens is 2. The van der Waals surface area contributed by atoms with Crippen LogP contribution >= 0.6 is 34.8 Å². The Bertz CT molecular complexity index is 805. The second kappa shape index (κ2) is 6.06. The summed E-state index contributed by atoms with van der Waals surface area (Å²) in [7, 11) is 0. The first-order valence-corrected chi connectivity index (χ1v) is 7.37. The molecule has 0 saturated carbocycles. The van der Waals surface area contributed by atoms with Crippen LogP contribution < -0.4 is 5.32 Å². The van der Waals surface area contributed by atoms with Crippen molar-refractivity contribution in [3.8, 4) is 0 Å². The number of rotatable bonds is 3. The fraction of sp³-hybridized carbons (Fsp3) is 0.0667. The van der Waals surface area contributed by atoms with Gasteiger partial charge in [-0.2, -0.15) is 0 Å². The van der Waals surface area contributed by atoms with Crippen molar-refractivity contribution in [1.29, 1.82) is 0 Å². The van der Waals surface area contributed by atoms with E-state index in [4.69, 9.17) is 34.8 Å². The molecule has 1 N–H and O–H groups in total. The van der Waals surface area contributed by atoms with E-state index in [0.29, 0.717) is 22.4 Å². The molecule has 0 radical (unpaired) electrons. The molecule has 0 bridgehead atoms. The monoisotopic (exact) mass is 337 g/mol. The van der Waals surface area contributed by atoms with Crippen LogP contribution in [0, 0.1) is 0 Å². The smallest absolute Gasteiger partial charge is 0.224 e. The summed E-state index contributed by atoms with van der Waals surface area (Å²) < 4.78 is 0. The maximum Gasteiger partial charge on any atom is 0.224 e. The van der Waals surface area contributed by atoms with Gasteiger partial charge in [0.1, 0.15) is 5.82 Å². The average molecular weight is 339 g/mol. The number of nitrogens with zero attached hydrogens (tertiary/aromatic N) is 2. The Labute approximate surface area is 136 Å². The topological polar surface area (TPSA) is 37.8 Å². The summed E-state index contributed by atoms with van der Waals surface area (Å²) in [5.41, 5.74) is 1.80. The molecule has 3 rings (SSSR count). The summed E-state index contributed by atoms with van der Waals surface area (Å²) in [6.45, 7) is 0.564. The Morgan fingerprint density at radius 1 is 0.905 bits per heavy atom. The molecule has 0 spiro atoms. The van der Waals surface area contributed by atoms with Crippen LogP contribution in [0.15, 0.2) is 42.5 Å². The SMILES string of the molecule is Clc1nc(NCc2ccc(Cl)c(Cl)c2)c2ccccc2n1. The molecule has 0 atom stereocenters. The van der Waals surface area contributed by atoms with Crippen LogP contribution in [-0.2, 0) is 6.54 Å². The van der Waals surface area contributed by atoms with Crippen LogP contribution in [-0.4, -0.2) is 9.97 Å². The maximum atomic E-state index is 6.01. The van der Waals surface area contributed by atoms with Gasteiger partial charge in [-0.05, 0) is 41.4 Å². The minimum atomic E-state index is 0.213. The second-order valence-electron chi connectivity index (χ2n) is 4.46. The van der Waals surface area contributed by atoms with Crippen molar-refractivity contribution in [3.63, 3.8) is 0 Å². The number of anilines is 1. The summed E-state index contributed by atoms with van der Waals surface area (Å²) in [4.78, 5) is 8.43. The van der Waals surface area contributed by atoms with E-state index >= 15 is 0 Å². The van der Waals surface area contributed by atoms with Crippen LogP contribution in [0.4, 0.5) is 5.82 Å². The van der Waals surface area contributed by atoms with Gasteiger partial charge in [0.15, 0.2) is 0 Å². The zero-order chi connectivity index (χ0) is 14.8. The van der Waals surface area contributed by atoms with Crippen LogP contribution in [0.5, 0.6) is 0 Å². The van der Waals surface area contributed by atoms with E-state index in [1.807, 2.05) is 36.4 Å². The summed E-state index contributed by atoms with van der Waals surface area (Å²) >= 11 is 17.9. The van der Waals surface area contributed by atoms with Gasteiger partial charge in [0.2, 0.25) is 5.28 Å². The largest absolute Gasteiger partial charge is 0.365 e. The predicted octanol–water partition coefficient (Wildman–Crippen LogP) is 5.20. The van der Waals surface area contributed by atoms with Gasteiger partial charge < -0.3 is 5.32 Å². The van der Waals surface area contributed by atoms with E-state index in [2.05, 4.69) is 15.3 Å². The highest BCUT2D eigenvalue weighted by Crippen LogP contribution is 2.25. The molecule has 1 aromatic heterocycles. The highest BCUT2D eigenvalue weighted by atomic mass is 35.5. The van der Waals surface area contributed by atoms with Gasteiger partial charge in [-0.1, -0.05) is 41.4 Å². The molecule has 106 valence electrons. The van der Waals surface area contributed by atoms with Gasteiger partial charge in [-0.3, -0.25) is 0 Å². The molecular weight excluding hydrogens is 329 g/mol. The molecule has 0 fully saturated rings. The van der Waals surface area contributed by atoms with Crippen LogP contribution in [0.3, 0.4) is 0 Å². The molecule has 0 saturated heterocycles. The number of hydrogen-bond acceptors (Lipinski definition) is 3. The highest BCUT2D eigenvalue weighted by molar-refractivity contribution is 6.42. The van der Waals surface area contributed by atoms with Gasteiger partial charge in [0, 0.05) is 11.9 Å². The molecule has 0 aliphatic carbocycles. The summed E-state index contributed by atoms with van der Waals surface area (Å²) in [5, 5.41) is 5.45. The molecule has 21 heavy (non-hydrogen) atoms. The predicted molar refractivity (Wildman–Crippen MR) is 88.3 cm³/mol. The number of fused-ring (bicyclic) bond motifs is 1. The Hall–Kier alpha value is -1.55. The van der Waals surface area contributed by atoms with Gasteiger partial charge >= 0.3 is 0 Å². The fourth-order valence-corrected chi connectivity index (χ4v) is 2.51. The summed E-state index contributed by atoms with van der Waals surface area (Å²) in [6, 6.07) is 13.2. The van der Waals surface area contributed by atoms with E-state index < -0.39 is 0 Å². The molecule has 0 unspecified atom stereocenters. The Morgan fingerprint density at radius 3 is 2.52 bits per heavy atom.